The van der Waals surface area contributed by atoms with Crippen molar-refractivity contribution in [2.75, 3.05) is 13.2 Å². The monoisotopic (exact) mass is 553 g/mol. The molecule has 0 spiro atoms. The highest BCUT2D eigenvalue weighted by molar-refractivity contribution is 5.97. The van der Waals surface area contributed by atoms with Crippen LogP contribution in [0.2, 0.25) is 0 Å². The Kier molecular flexibility index (Phi) is 8.51. The van der Waals surface area contributed by atoms with Crippen LogP contribution < -0.4 is 15.4 Å². The third-order valence-electron chi connectivity index (χ3n) is 7.14. The molecule has 3 saturated heterocycles. The molecular formula is C27H31N5O8. The van der Waals surface area contributed by atoms with Crippen molar-refractivity contribution in [1.82, 2.24) is 25.5 Å². The molecule has 212 valence electrons. The Balaban J connectivity index is 1.27. The van der Waals surface area contributed by atoms with Crippen LogP contribution in [-0.2, 0) is 30.5 Å². The third kappa shape index (κ3) is 6.37. The van der Waals surface area contributed by atoms with E-state index in [1.807, 2.05) is 30.3 Å². The van der Waals surface area contributed by atoms with Gasteiger partial charge in [0.1, 0.15) is 30.4 Å². The number of hydrogen-bond donors (Lipinski definition) is 3. The zero-order valence-electron chi connectivity index (χ0n) is 21.7. The average molecular weight is 554 g/mol. The van der Waals surface area contributed by atoms with E-state index in [0.717, 1.165) is 12.0 Å². The van der Waals surface area contributed by atoms with Crippen LogP contribution in [0.5, 0.6) is 6.01 Å². The largest absolute Gasteiger partial charge is 0.459 e. The van der Waals surface area contributed by atoms with Gasteiger partial charge in [0.2, 0.25) is 18.1 Å². The van der Waals surface area contributed by atoms with Gasteiger partial charge in [-0.15, -0.1) is 0 Å². The summed E-state index contributed by atoms with van der Waals surface area (Å²) >= 11 is 0. The first-order valence-corrected chi connectivity index (χ1v) is 13.3. The van der Waals surface area contributed by atoms with Crippen LogP contribution in [0.3, 0.4) is 0 Å². The van der Waals surface area contributed by atoms with Gasteiger partial charge >= 0.3 is 12.0 Å². The number of benzene rings is 1. The molecule has 40 heavy (non-hydrogen) atoms. The Hall–Kier alpha value is -4.10. The molecule has 5 rings (SSSR count). The molecule has 3 N–H and O–H groups in total. The fourth-order valence-corrected chi connectivity index (χ4v) is 5.09. The Bertz CT molecular complexity index is 1240. The van der Waals surface area contributed by atoms with Crippen LogP contribution in [-0.4, -0.2) is 87.3 Å². The molecule has 5 unspecified atom stereocenters. The number of carbonyl (C=O) groups is 4. The number of ether oxygens (including phenoxy) is 3. The number of aliphatic hydroxyl groups excluding tert-OH is 1. The molecule has 5 atom stereocenters. The first kappa shape index (κ1) is 27.5. The maximum atomic E-state index is 13.8. The molecule has 3 amide bonds. The van der Waals surface area contributed by atoms with Gasteiger partial charge in [-0.25, -0.2) is 4.98 Å². The highest BCUT2D eigenvalue weighted by Crippen LogP contribution is 2.25. The summed E-state index contributed by atoms with van der Waals surface area (Å²) in [5, 5.41) is 15.3. The van der Waals surface area contributed by atoms with E-state index in [4.69, 9.17) is 14.2 Å². The summed E-state index contributed by atoms with van der Waals surface area (Å²) in [6.45, 7) is 0.436. The van der Waals surface area contributed by atoms with E-state index in [2.05, 4.69) is 20.6 Å². The SMILES string of the molecule is O=C1CC(NC(=O)C2COCC3CCCCC(NC(=O)c4ccnc(OCc5ccccc5)n4)C(=O)N32)C(O)O1. The van der Waals surface area contributed by atoms with Gasteiger partial charge in [0, 0.05) is 6.20 Å². The van der Waals surface area contributed by atoms with Crippen molar-refractivity contribution < 1.29 is 38.5 Å². The van der Waals surface area contributed by atoms with Crippen molar-refractivity contribution in [3.05, 3.63) is 53.9 Å². The van der Waals surface area contributed by atoms with Crippen molar-refractivity contribution in [2.45, 2.75) is 69.2 Å². The third-order valence-corrected chi connectivity index (χ3v) is 7.14. The van der Waals surface area contributed by atoms with Gasteiger partial charge in [-0.1, -0.05) is 43.2 Å². The van der Waals surface area contributed by atoms with Crippen molar-refractivity contribution in [2.24, 2.45) is 0 Å². The minimum Gasteiger partial charge on any atom is -0.459 e. The summed E-state index contributed by atoms with van der Waals surface area (Å²) < 4.78 is 16.0. The lowest BCUT2D eigenvalue weighted by Crippen LogP contribution is -2.65. The Labute approximate surface area is 230 Å². The second-order valence-electron chi connectivity index (χ2n) is 9.96. The summed E-state index contributed by atoms with van der Waals surface area (Å²) in [5.41, 5.74) is 0.960. The molecule has 3 fully saturated rings. The average Bonchev–Trinajstić information content (AvgIpc) is 3.28. The summed E-state index contributed by atoms with van der Waals surface area (Å²) in [7, 11) is 0. The predicted octanol–water partition coefficient (Wildman–Crippen LogP) is 0.0741. The van der Waals surface area contributed by atoms with Crippen molar-refractivity contribution >= 4 is 23.7 Å². The summed E-state index contributed by atoms with van der Waals surface area (Å²) in [4.78, 5) is 61.3. The minimum atomic E-state index is -1.46. The smallest absolute Gasteiger partial charge is 0.317 e. The van der Waals surface area contributed by atoms with E-state index in [1.165, 1.54) is 17.2 Å². The summed E-state index contributed by atoms with van der Waals surface area (Å²) in [6.07, 6.45) is 2.27. The second-order valence-corrected chi connectivity index (χ2v) is 9.96. The topological polar surface area (TPSA) is 169 Å². The quantitative estimate of drug-likeness (QED) is 0.399. The molecule has 0 saturated carbocycles. The number of nitrogens with one attached hydrogen (secondary N) is 2. The number of amides is 3. The number of aromatic nitrogens is 2. The first-order valence-electron chi connectivity index (χ1n) is 13.3. The number of nitrogens with zero attached hydrogens (tertiary/aromatic N) is 3. The summed E-state index contributed by atoms with van der Waals surface area (Å²) in [5.74, 6) is -2.17. The van der Waals surface area contributed by atoms with Gasteiger partial charge in [-0.05, 0) is 24.5 Å². The maximum absolute atomic E-state index is 13.8. The molecule has 2 aromatic rings. The normalized spacial score (nSPS) is 26.6. The second kappa shape index (κ2) is 12.4. The molecule has 13 heteroatoms. The molecule has 13 nitrogen and oxygen atoms in total. The highest BCUT2D eigenvalue weighted by Gasteiger charge is 2.44. The lowest BCUT2D eigenvalue weighted by molar-refractivity contribution is -0.160. The van der Waals surface area contributed by atoms with Crippen molar-refractivity contribution in [1.29, 1.82) is 0 Å². The predicted molar refractivity (Wildman–Crippen MR) is 136 cm³/mol. The fourth-order valence-electron chi connectivity index (χ4n) is 5.09. The number of aliphatic hydroxyl groups is 1. The van der Waals surface area contributed by atoms with Gasteiger partial charge in [0.25, 0.3) is 5.91 Å². The minimum absolute atomic E-state index is 0.0297. The molecule has 3 aliphatic rings. The molecule has 0 bridgehead atoms. The molecule has 0 radical (unpaired) electrons. The first-order chi connectivity index (χ1) is 19.4. The number of esters is 1. The summed E-state index contributed by atoms with van der Waals surface area (Å²) in [6, 6.07) is 7.75. The van der Waals surface area contributed by atoms with E-state index in [-0.39, 0.29) is 44.0 Å². The Morgan fingerprint density at radius 1 is 1.07 bits per heavy atom. The van der Waals surface area contributed by atoms with Gasteiger partial charge in [-0.3, -0.25) is 19.2 Å². The van der Waals surface area contributed by atoms with E-state index < -0.39 is 48.1 Å². The maximum Gasteiger partial charge on any atom is 0.317 e. The van der Waals surface area contributed by atoms with E-state index in [0.29, 0.717) is 19.3 Å². The molecule has 3 aliphatic heterocycles. The highest BCUT2D eigenvalue weighted by atomic mass is 16.6. The van der Waals surface area contributed by atoms with Crippen LogP contribution in [0.1, 0.15) is 48.2 Å². The number of morpholine rings is 1. The van der Waals surface area contributed by atoms with Crippen LogP contribution in [0.4, 0.5) is 0 Å². The lowest BCUT2D eigenvalue weighted by atomic mass is 9.95. The Morgan fingerprint density at radius 2 is 1.88 bits per heavy atom. The number of rotatable bonds is 7. The van der Waals surface area contributed by atoms with E-state index >= 15 is 0 Å². The number of cyclic esters (lactones) is 1. The molecule has 4 heterocycles. The van der Waals surface area contributed by atoms with Crippen LogP contribution >= 0.6 is 0 Å². The van der Waals surface area contributed by atoms with Gasteiger partial charge in [0.05, 0.1) is 25.7 Å². The standard InChI is InChI=1S/C27H31N5O8/c33-22-12-20(26(37)40-22)30-24(35)21-15-38-14-17-8-4-5-9-19(25(36)32(17)21)29-23(34)18-10-11-28-27(31-18)39-13-16-6-2-1-3-7-16/h1-3,6-7,10-11,17,19-21,26,37H,4-5,8-9,12-15H2,(H,29,34)(H,30,35). The number of carbonyl (C=O) groups excluding carboxylic acids is 4. The molecule has 1 aromatic carbocycles. The van der Waals surface area contributed by atoms with Crippen molar-refractivity contribution in [3.63, 3.8) is 0 Å². The van der Waals surface area contributed by atoms with Crippen LogP contribution in [0, 0.1) is 0 Å². The van der Waals surface area contributed by atoms with Gasteiger partial charge < -0.3 is 34.9 Å². The van der Waals surface area contributed by atoms with E-state index in [9.17, 15) is 24.3 Å². The van der Waals surface area contributed by atoms with Gasteiger partial charge in [-0.2, -0.15) is 4.98 Å². The van der Waals surface area contributed by atoms with Crippen LogP contribution in [0.25, 0.3) is 0 Å². The zero-order chi connectivity index (χ0) is 28.1. The zero-order valence-corrected chi connectivity index (χ0v) is 21.7. The number of hydrogen-bond acceptors (Lipinski definition) is 10. The van der Waals surface area contributed by atoms with Crippen LogP contribution in [0.15, 0.2) is 42.6 Å². The molecular weight excluding hydrogens is 522 g/mol. The molecule has 1 aromatic heterocycles. The lowest BCUT2D eigenvalue weighted by Gasteiger charge is -2.44. The van der Waals surface area contributed by atoms with E-state index in [1.54, 1.807) is 0 Å². The van der Waals surface area contributed by atoms with Gasteiger partial charge in [0.15, 0.2) is 0 Å². The molecule has 0 aliphatic carbocycles. The number of fused-ring (bicyclic) bond motifs is 1. The van der Waals surface area contributed by atoms with Crippen molar-refractivity contribution in [3.8, 4) is 6.01 Å². The fraction of sp³-hybridized carbons (Fsp3) is 0.481. The Morgan fingerprint density at radius 3 is 2.65 bits per heavy atom.